The molecule has 2 saturated carbocycles. The van der Waals surface area contributed by atoms with Gasteiger partial charge in [-0.2, -0.15) is 0 Å². The first-order valence-corrected chi connectivity index (χ1v) is 10.8. The summed E-state index contributed by atoms with van der Waals surface area (Å²) >= 11 is 0. The minimum Gasteiger partial charge on any atom is -0.353 e. The van der Waals surface area contributed by atoms with Gasteiger partial charge in [-0.05, 0) is 51.9 Å². The Morgan fingerprint density at radius 1 is 0.929 bits per heavy atom. The molecule has 1 heterocycles. The van der Waals surface area contributed by atoms with Crippen LogP contribution in [0.4, 0.5) is 0 Å². The van der Waals surface area contributed by atoms with Gasteiger partial charge in [0.2, 0.25) is 17.7 Å². The fraction of sp³-hybridized carbons (Fsp3) is 0.783. The average Bonchev–Trinajstić information content (AvgIpc) is 3.31. The molecular formula is C23H36N2O3. The minimum atomic E-state index is -0.377. The fourth-order valence-electron chi connectivity index (χ4n) is 5.04. The molecule has 0 spiro atoms. The molecule has 0 aromatic carbocycles. The number of allylic oxidation sites excluding steroid dienone is 2. The maximum absolute atomic E-state index is 12.3. The van der Waals surface area contributed by atoms with Gasteiger partial charge in [0.25, 0.3) is 0 Å². The molecule has 1 N–H and O–H groups in total. The second-order valence-corrected chi connectivity index (χ2v) is 10.9. The Hall–Kier alpha value is -1.65. The van der Waals surface area contributed by atoms with Crippen LogP contribution < -0.4 is 5.32 Å². The highest BCUT2D eigenvalue weighted by atomic mass is 16.2. The quantitative estimate of drug-likeness (QED) is 0.550. The van der Waals surface area contributed by atoms with Crippen molar-refractivity contribution in [1.82, 2.24) is 10.2 Å². The summed E-state index contributed by atoms with van der Waals surface area (Å²) in [6.07, 6.45) is 10.1. The number of fused-ring (bicyclic) bond motifs is 5. The van der Waals surface area contributed by atoms with E-state index < -0.39 is 0 Å². The second kappa shape index (κ2) is 7.31. The van der Waals surface area contributed by atoms with Crippen molar-refractivity contribution in [2.75, 3.05) is 0 Å². The van der Waals surface area contributed by atoms with E-state index in [0.717, 1.165) is 6.42 Å². The Morgan fingerprint density at radius 3 is 1.79 bits per heavy atom. The molecule has 5 nitrogen and oxygen atoms in total. The third kappa shape index (κ3) is 3.90. The van der Waals surface area contributed by atoms with E-state index in [9.17, 15) is 14.4 Å². The first kappa shape index (κ1) is 21.1. The van der Waals surface area contributed by atoms with Crippen molar-refractivity contribution in [2.45, 2.75) is 85.2 Å². The SMILES string of the molecule is CC(C)(C)C(=O)NC1CCCC1.CC(C)(C)N1C(=O)C2C3C=CC(C3)C2C1=O. The molecule has 4 atom stereocenters. The van der Waals surface area contributed by atoms with Crippen LogP contribution in [-0.2, 0) is 14.4 Å². The molecule has 1 saturated heterocycles. The van der Waals surface area contributed by atoms with E-state index in [-0.39, 0.29) is 40.5 Å². The van der Waals surface area contributed by atoms with Gasteiger partial charge >= 0.3 is 0 Å². The van der Waals surface area contributed by atoms with Crippen LogP contribution >= 0.6 is 0 Å². The predicted octanol–water partition coefficient (Wildman–Crippen LogP) is 3.68. The summed E-state index contributed by atoms with van der Waals surface area (Å²) in [5.41, 5.74) is -0.611. The smallest absolute Gasteiger partial charge is 0.234 e. The average molecular weight is 389 g/mol. The van der Waals surface area contributed by atoms with Crippen LogP contribution in [0.5, 0.6) is 0 Å². The van der Waals surface area contributed by atoms with Crippen LogP contribution in [0, 0.1) is 29.1 Å². The molecule has 3 amide bonds. The van der Waals surface area contributed by atoms with Gasteiger partial charge < -0.3 is 5.32 Å². The van der Waals surface area contributed by atoms with Gasteiger partial charge in [0.15, 0.2) is 0 Å². The number of amides is 3. The standard InChI is InChI=1S/C13H17NO2.C10H19NO/c1-13(2,3)14-11(15)9-7-4-5-8(6-7)10(9)12(14)16;1-10(2,3)9(12)11-8-6-4-5-7-8/h4-5,7-10H,6H2,1-3H3;8H,4-7H2,1-3H3,(H,11,12). The van der Waals surface area contributed by atoms with Crippen LogP contribution in [0.3, 0.4) is 0 Å². The Morgan fingerprint density at radius 2 is 1.39 bits per heavy atom. The van der Waals surface area contributed by atoms with Crippen molar-refractivity contribution in [3.63, 3.8) is 0 Å². The van der Waals surface area contributed by atoms with Crippen LogP contribution in [0.15, 0.2) is 12.2 Å². The molecule has 5 heteroatoms. The molecular weight excluding hydrogens is 352 g/mol. The molecule has 2 bridgehead atoms. The number of imide groups is 1. The predicted molar refractivity (Wildman–Crippen MR) is 109 cm³/mol. The van der Waals surface area contributed by atoms with E-state index in [2.05, 4.69) is 17.5 Å². The lowest BCUT2D eigenvalue weighted by molar-refractivity contribution is -0.146. The summed E-state index contributed by atoms with van der Waals surface area (Å²) in [7, 11) is 0. The van der Waals surface area contributed by atoms with Crippen LogP contribution in [0.25, 0.3) is 0 Å². The topological polar surface area (TPSA) is 66.5 Å². The maximum atomic E-state index is 12.3. The zero-order chi connectivity index (χ0) is 20.9. The lowest BCUT2D eigenvalue weighted by Crippen LogP contribution is -2.46. The summed E-state index contributed by atoms with van der Waals surface area (Å²) in [5.74, 6) is 0.828. The zero-order valence-corrected chi connectivity index (χ0v) is 18.2. The fourth-order valence-corrected chi connectivity index (χ4v) is 5.04. The summed E-state index contributed by atoms with van der Waals surface area (Å²) in [4.78, 5) is 37.6. The number of hydrogen-bond donors (Lipinski definition) is 1. The Kier molecular flexibility index (Phi) is 5.50. The van der Waals surface area contributed by atoms with Gasteiger partial charge in [0, 0.05) is 17.0 Å². The van der Waals surface area contributed by atoms with Gasteiger partial charge in [-0.1, -0.05) is 45.8 Å². The lowest BCUT2D eigenvalue weighted by Gasteiger charge is -2.31. The highest BCUT2D eigenvalue weighted by Gasteiger charge is 2.60. The number of hydrogen-bond acceptors (Lipinski definition) is 3. The molecule has 4 rings (SSSR count). The number of nitrogens with one attached hydrogen (secondary N) is 1. The maximum Gasteiger partial charge on any atom is 0.234 e. The monoisotopic (exact) mass is 388 g/mol. The van der Waals surface area contributed by atoms with Crippen molar-refractivity contribution >= 4 is 17.7 Å². The normalized spacial score (nSPS) is 31.9. The first-order chi connectivity index (χ1) is 12.9. The van der Waals surface area contributed by atoms with Crippen molar-refractivity contribution in [3.05, 3.63) is 12.2 Å². The highest BCUT2D eigenvalue weighted by Crippen LogP contribution is 2.53. The van der Waals surface area contributed by atoms with E-state index in [4.69, 9.17) is 0 Å². The number of carbonyl (C=O) groups excluding carboxylic acids is 3. The Labute approximate surface area is 169 Å². The molecule has 4 unspecified atom stereocenters. The summed E-state index contributed by atoms with van der Waals surface area (Å²) in [5, 5.41) is 3.08. The molecule has 156 valence electrons. The van der Waals surface area contributed by atoms with E-state index in [1.54, 1.807) is 0 Å². The first-order valence-electron chi connectivity index (χ1n) is 10.8. The van der Waals surface area contributed by atoms with Gasteiger partial charge in [-0.3, -0.25) is 19.3 Å². The van der Waals surface area contributed by atoms with Crippen molar-refractivity contribution in [3.8, 4) is 0 Å². The van der Waals surface area contributed by atoms with Crippen molar-refractivity contribution in [1.29, 1.82) is 0 Å². The van der Waals surface area contributed by atoms with Crippen LogP contribution in [-0.4, -0.2) is 34.2 Å². The molecule has 28 heavy (non-hydrogen) atoms. The van der Waals surface area contributed by atoms with Gasteiger partial charge in [-0.25, -0.2) is 0 Å². The molecule has 1 aliphatic heterocycles. The van der Waals surface area contributed by atoms with Crippen molar-refractivity contribution < 1.29 is 14.4 Å². The number of nitrogens with zero attached hydrogens (tertiary/aromatic N) is 1. The van der Waals surface area contributed by atoms with Gasteiger partial charge in [0.05, 0.1) is 11.8 Å². The lowest BCUT2D eigenvalue weighted by atomic mass is 9.85. The second-order valence-electron chi connectivity index (χ2n) is 10.9. The molecule has 0 aromatic rings. The van der Waals surface area contributed by atoms with Gasteiger partial charge in [-0.15, -0.1) is 0 Å². The third-order valence-corrected chi connectivity index (χ3v) is 6.51. The zero-order valence-electron chi connectivity index (χ0n) is 18.2. The molecule has 3 aliphatic carbocycles. The van der Waals surface area contributed by atoms with E-state index in [1.165, 1.54) is 30.6 Å². The van der Waals surface area contributed by atoms with Gasteiger partial charge in [0.1, 0.15) is 0 Å². The Bertz CT molecular complexity index is 647. The highest BCUT2D eigenvalue weighted by molar-refractivity contribution is 6.07. The van der Waals surface area contributed by atoms with Crippen LogP contribution in [0.1, 0.15) is 73.6 Å². The van der Waals surface area contributed by atoms with Crippen molar-refractivity contribution in [2.24, 2.45) is 29.1 Å². The third-order valence-electron chi connectivity index (χ3n) is 6.51. The summed E-state index contributed by atoms with van der Waals surface area (Å²) in [6, 6.07) is 0.455. The number of carbonyl (C=O) groups is 3. The molecule has 4 aliphatic rings. The summed E-state index contributed by atoms with van der Waals surface area (Å²) in [6.45, 7) is 11.7. The van der Waals surface area contributed by atoms with E-state index >= 15 is 0 Å². The minimum absolute atomic E-state index is 0.0540. The number of likely N-dealkylation sites (tertiary alicyclic amines) is 1. The summed E-state index contributed by atoms with van der Waals surface area (Å²) < 4.78 is 0. The largest absolute Gasteiger partial charge is 0.353 e. The molecule has 3 fully saturated rings. The van der Waals surface area contributed by atoms with Crippen LogP contribution in [0.2, 0.25) is 0 Å². The Balaban J connectivity index is 0.000000169. The number of rotatable bonds is 1. The van der Waals surface area contributed by atoms with E-state index in [0.29, 0.717) is 17.9 Å². The molecule has 0 aromatic heterocycles. The van der Waals surface area contributed by atoms with E-state index in [1.807, 2.05) is 41.5 Å². The molecule has 0 radical (unpaired) electrons.